The molecule has 1 atom stereocenters. The highest BCUT2D eigenvalue weighted by atomic mass is 79.9. The summed E-state index contributed by atoms with van der Waals surface area (Å²) in [7, 11) is 1.66. The fraction of sp³-hybridized carbons (Fsp3) is 0.400. The van der Waals surface area contributed by atoms with Crippen LogP contribution in [0.3, 0.4) is 0 Å². The first kappa shape index (κ1) is 10.7. The molecule has 0 aliphatic carbocycles. The maximum atomic E-state index is 5.95. The van der Waals surface area contributed by atoms with Crippen molar-refractivity contribution in [2.75, 3.05) is 13.7 Å². The van der Waals surface area contributed by atoms with E-state index in [0.717, 1.165) is 10.0 Å². The van der Waals surface area contributed by atoms with E-state index in [9.17, 15) is 0 Å². The standard InChI is InChI=1S/C10H14BrNO/c1-7-4-3-5-8(11)10(7)9(12)6-13-2/h3-5,9H,6,12H2,1-2H3/t9-/m0/s1. The van der Waals surface area contributed by atoms with Crippen molar-refractivity contribution in [2.24, 2.45) is 5.73 Å². The van der Waals surface area contributed by atoms with E-state index in [1.54, 1.807) is 7.11 Å². The Kier molecular flexibility index (Phi) is 3.90. The summed E-state index contributed by atoms with van der Waals surface area (Å²) in [6.07, 6.45) is 0. The number of nitrogens with two attached hydrogens (primary N) is 1. The Morgan fingerprint density at radius 2 is 2.23 bits per heavy atom. The predicted molar refractivity (Wildman–Crippen MR) is 57.7 cm³/mol. The summed E-state index contributed by atoms with van der Waals surface area (Å²) in [5.41, 5.74) is 8.27. The fourth-order valence-electron chi connectivity index (χ4n) is 1.38. The van der Waals surface area contributed by atoms with Crippen molar-refractivity contribution in [2.45, 2.75) is 13.0 Å². The molecule has 0 aliphatic heterocycles. The number of aryl methyl sites for hydroxylation is 1. The molecule has 0 fully saturated rings. The van der Waals surface area contributed by atoms with E-state index >= 15 is 0 Å². The van der Waals surface area contributed by atoms with Gasteiger partial charge in [-0.25, -0.2) is 0 Å². The molecule has 1 rings (SSSR count). The van der Waals surface area contributed by atoms with E-state index in [1.807, 2.05) is 12.1 Å². The maximum absolute atomic E-state index is 5.95. The van der Waals surface area contributed by atoms with Gasteiger partial charge in [0.2, 0.25) is 0 Å². The molecule has 0 spiro atoms. The van der Waals surface area contributed by atoms with Gasteiger partial charge in [0.1, 0.15) is 0 Å². The number of hydrogen-bond acceptors (Lipinski definition) is 2. The van der Waals surface area contributed by atoms with Gasteiger partial charge < -0.3 is 10.5 Å². The van der Waals surface area contributed by atoms with Crippen molar-refractivity contribution >= 4 is 15.9 Å². The van der Waals surface area contributed by atoms with Gasteiger partial charge in [0.15, 0.2) is 0 Å². The van der Waals surface area contributed by atoms with Crippen LogP contribution in [0.1, 0.15) is 17.2 Å². The zero-order chi connectivity index (χ0) is 9.84. The average molecular weight is 244 g/mol. The van der Waals surface area contributed by atoms with E-state index in [2.05, 4.69) is 28.9 Å². The van der Waals surface area contributed by atoms with Gasteiger partial charge in [0.05, 0.1) is 12.6 Å². The SMILES string of the molecule is COC[C@H](N)c1c(C)cccc1Br. The van der Waals surface area contributed by atoms with Crippen molar-refractivity contribution in [3.05, 3.63) is 33.8 Å². The van der Waals surface area contributed by atoms with Gasteiger partial charge in [-0.1, -0.05) is 28.1 Å². The summed E-state index contributed by atoms with van der Waals surface area (Å²) in [6, 6.07) is 6.00. The Hall–Kier alpha value is -0.380. The van der Waals surface area contributed by atoms with Crippen LogP contribution in [-0.4, -0.2) is 13.7 Å². The first-order chi connectivity index (χ1) is 6.16. The van der Waals surface area contributed by atoms with E-state index in [1.165, 1.54) is 5.56 Å². The van der Waals surface area contributed by atoms with Gasteiger partial charge in [0, 0.05) is 11.6 Å². The minimum atomic E-state index is -0.0550. The van der Waals surface area contributed by atoms with Crippen molar-refractivity contribution < 1.29 is 4.74 Å². The molecule has 0 unspecified atom stereocenters. The molecule has 1 aromatic rings. The quantitative estimate of drug-likeness (QED) is 0.886. The smallest absolute Gasteiger partial charge is 0.0656 e. The first-order valence-electron chi connectivity index (χ1n) is 4.16. The molecular formula is C10H14BrNO. The largest absolute Gasteiger partial charge is 0.383 e. The molecule has 0 amide bonds. The Morgan fingerprint density at radius 3 is 2.77 bits per heavy atom. The van der Waals surface area contributed by atoms with Gasteiger partial charge in [0.25, 0.3) is 0 Å². The van der Waals surface area contributed by atoms with Crippen molar-refractivity contribution in [1.29, 1.82) is 0 Å². The maximum Gasteiger partial charge on any atom is 0.0656 e. The summed E-state index contributed by atoms with van der Waals surface area (Å²) in [6.45, 7) is 2.60. The minimum Gasteiger partial charge on any atom is -0.383 e. The predicted octanol–water partition coefficient (Wildman–Crippen LogP) is 2.40. The molecule has 0 saturated heterocycles. The second-order valence-electron chi connectivity index (χ2n) is 3.03. The molecule has 2 nitrogen and oxygen atoms in total. The molecule has 2 N–H and O–H groups in total. The molecule has 0 saturated carbocycles. The van der Waals surface area contributed by atoms with Gasteiger partial charge >= 0.3 is 0 Å². The summed E-state index contributed by atoms with van der Waals surface area (Å²) >= 11 is 3.48. The number of methoxy groups -OCH3 is 1. The zero-order valence-electron chi connectivity index (χ0n) is 7.88. The molecular weight excluding hydrogens is 230 g/mol. The van der Waals surface area contributed by atoms with Gasteiger partial charge in [-0.3, -0.25) is 0 Å². The molecule has 0 aliphatic rings. The second-order valence-corrected chi connectivity index (χ2v) is 3.89. The second kappa shape index (κ2) is 4.74. The molecule has 3 heteroatoms. The third-order valence-corrected chi connectivity index (χ3v) is 2.68. The Morgan fingerprint density at radius 1 is 1.54 bits per heavy atom. The zero-order valence-corrected chi connectivity index (χ0v) is 9.47. The van der Waals surface area contributed by atoms with E-state index in [-0.39, 0.29) is 6.04 Å². The van der Waals surface area contributed by atoms with E-state index < -0.39 is 0 Å². The topological polar surface area (TPSA) is 35.2 Å². The highest BCUT2D eigenvalue weighted by Gasteiger charge is 2.11. The average Bonchev–Trinajstić information content (AvgIpc) is 2.04. The lowest BCUT2D eigenvalue weighted by Crippen LogP contribution is -2.17. The highest BCUT2D eigenvalue weighted by molar-refractivity contribution is 9.10. The van der Waals surface area contributed by atoms with E-state index in [4.69, 9.17) is 10.5 Å². The van der Waals surface area contributed by atoms with Crippen LogP contribution in [0.25, 0.3) is 0 Å². The number of ether oxygens (including phenoxy) is 1. The molecule has 72 valence electrons. The van der Waals surface area contributed by atoms with Crippen LogP contribution in [-0.2, 0) is 4.74 Å². The molecule has 13 heavy (non-hydrogen) atoms. The lowest BCUT2D eigenvalue weighted by molar-refractivity contribution is 0.180. The molecule has 1 aromatic carbocycles. The summed E-state index contributed by atoms with van der Waals surface area (Å²) in [5.74, 6) is 0. The van der Waals surface area contributed by atoms with Crippen molar-refractivity contribution in [3.63, 3.8) is 0 Å². The number of hydrogen-bond donors (Lipinski definition) is 1. The number of halogens is 1. The summed E-state index contributed by atoms with van der Waals surface area (Å²) in [5, 5.41) is 0. The Balaban J connectivity index is 2.98. The van der Waals surface area contributed by atoms with Gasteiger partial charge in [-0.15, -0.1) is 0 Å². The summed E-state index contributed by atoms with van der Waals surface area (Å²) in [4.78, 5) is 0. The molecule has 0 heterocycles. The molecule has 0 aromatic heterocycles. The van der Waals surface area contributed by atoms with Gasteiger partial charge in [-0.05, 0) is 24.1 Å². The normalized spacial score (nSPS) is 12.9. The fourth-order valence-corrected chi connectivity index (χ4v) is 2.14. The first-order valence-corrected chi connectivity index (χ1v) is 4.95. The lowest BCUT2D eigenvalue weighted by atomic mass is 10.0. The Labute approximate surface area is 87.2 Å². The monoisotopic (exact) mass is 243 g/mol. The number of benzene rings is 1. The Bertz CT molecular complexity index is 268. The van der Waals surface area contributed by atoms with Crippen LogP contribution in [0.15, 0.2) is 22.7 Å². The van der Waals surface area contributed by atoms with Crippen LogP contribution in [0, 0.1) is 6.92 Å². The van der Waals surface area contributed by atoms with Crippen LogP contribution >= 0.6 is 15.9 Å². The minimum absolute atomic E-state index is 0.0550. The van der Waals surface area contributed by atoms with Crippen molar-refractivity contribution in [1.82, 2.24) is 0 Å². The number of rotatable bonds is 3. The van der Waals surface area contributed by atoms with Crippen LogP contribution in [0.5, 0.6) is 0 Å². The van der Waals surface area contributed by atoms with Crippen LogP contribution in [0.2, 0.25) is 0 Å². The van der Waals surface area contributed by atoms with Crippen LogP contribution < -0.4 is 5.73 Å². The van der Waals surface area contributed by atoms with E-state index in [0.29, 0.717) is 6.61 Å². The van der Waals surface area contributed by atoms with Crippen molar-refractivity contribution in [3.8, 4) is 0 Å². The lowest BCUT2D eigenvalue weighted by Gasteiger charge is -2.15. The third-order valence-electron chi connectivity index (χ3n) is 1.99. The third kappa shape index (κ3) is 2.53. The highest BCUT2D eigenvalue weighted by Crippen LogP contribution is 2.25. The molecule has 0 bridgehead atoms. The van der Waals surface area contributed by atoms with Crippen LogP contribution in [0.4, 0.5) is 0 Å². The van der Waals surface area contributed by atoms with Gasteiger partial charge in [-0.2, -0.15) is 0 Å². The summed E-state index contributed by atoms with van der Waals surface area (Å²) < 4.78 is 6.08. The molecule has 0 radical (unpaired) electrons.